The van der Waals surface area contributed by atoms with E-state index >= 15 is 0 Å². The van der Waals surface area contributed by atoms with Crippen molar-refractivity contribution < 1.29 is 34.3 Å². The maximum absolute atomic E-state index is 11.0. The molecule has 0 spiro atoms. The summed E-state index contributed by atoms with van der Waals surface area (Å²) in [6, 6.07) is 0. The zero-order chi connectivity index (χ0) is 64.5. The molecule has 0 fully saturated rings. The van der Waals surface area contributed by atoms with Crippen molar-refractivity contribution in [2.45, 2.75) is 477 Å². The second-order valence-electron chi connectivity index (χ2n) is 28.2. The first-order valence-corrected chi connectivity index (χ1v) is 42.9. The van der Waals surface area contributed by atoms with Crippen LogP contribution in [-0.2, 0) is 29.2 Å². The van der Waals surface area contributed by atoms with Gasteiger partial charge in [-0.05, 0) is 37.5 Å². The maximum atomic E-state index is 11.0. The van der Waals surface area contributed by atoms with E-state index in [1.807, 2.05) is 0 Å². The van der Waals surface area contributed by atoms with Gasteiger partial charge in [0.15, 0.2) is 0 Å². The molecule has 0 radical (unpaired) electrons. The second-order valence-corrected chi connectivity index (χ2v) is 30.3. The van der Waals surface area contributed by atoms with E-state index in [9.17, 15) is 25.9 Å². The number of rotatable bonds is 76. The van der Waals surface area contributed by atoms with Gasteiger partial charge in [-0.25, -0.2) is 16.8 Å². The maximum Gasteiger partial charge on any atom is 2.00 e. The number of hydrogen-bond acceptors (Lipinski definition) is 8. The van der Waals surface area contributed by atoms with Gasteiger partial charge in [0.25, 0.3) is 0 Å². The molecule has 0 N–H and O–H groups in total. The fourth-order valence-electron chi connectivity index (χ4n) is 13.3. The van der Waals surface area contributed by atoms with Crippen molar-refractivity contribution >= 4 is 58.5 Å². The first kappa shape index (κ1) is 94.2. The van der Waals surface area contributed by atoms with E-state index in [0.717, 1.165) is 51.4 Å². The fraction of sp³-hybridized carbons (Fsp3) is 1.00. The summed E-state index contributed by atoms with van der Waals surface area (Å²) in [5.74, 6) is 0.392. The third-order valence-electron chi connectivity index (χ3n) is 19.3. The zero-order valence-electron chi connectivity index (χ0n) is 60.9. The third-order valence-corrected chi connectivity index (χ3v) is 20.1. The molecule has 0 heterocycles. The Morgan fingerprint density at radius 2 is 0.303 bits per heavy atom. The van der Waals surface area contributed by atoms with E-state index in [1.165, 1.54) is 398 Å². The van der Waals surface area contributed by atoms with Gasteiger partial charge in [-0.3, -0.25) is 8.37 Å². The quantitative estimate of drug-likeness (QED) is 0.0254. The molecule has 2 unspecified atom stereocenters. The van der Waals surface area contributed by atoms with Crippen molar-refractivity contribution in [3.8, 4) is 0 Å². The van der Waals surface area contributed by atoms with Gasteiger partial charge in [0.05, 0.1) is 13.2 Å². The number of hydrogen-bond donors (Lipinski definition) is 0. The van der Waals surface area contributed by atoms with Crippen molar-refractivity contribution in [3.05, 3.63) is 0 Å². The van der Waals surface area contributed by atoms with Crippen molar-refractivity contribution in [1.29, 1.82) is 0 Å². The first-order chi connectivity index (χ1) is 43.0. The Balaban J connectivity index is -0.00000164. The van der Waals surface area contributed by atoms with Crippen LogP contribution >= 0.6 is 0 Å². The molecule has 2 atom stereocenters. The van der Waals surface area contributed by atoms with Gasteiger partial charge in [-0.1, -0.05) is 451 Å². The predicted octanol–water partition coefficient (Wildman–Crippen LogP) is 27.2. The molecule has 0 aliphatic carbocycles. The van der Waals surface area contributed by atoms with Crippen LogP contribution in [0.15, 0.2) is 0 Å². The molecular weight excluding hydrogens is 1170 g/mol. The zero-order valence-corrected chi connectivity index (χ0v) is 64.7. The van der Waals surface area contributed by atoms with Crippen LogP contribution in [0.25, 0.3) is 0 Å². The van der Waals surface area contributed by atoms with Gasteiger partial charge in [-0.15, -0.1) is 0 Å². The Kier molecular flexibility index (Phi) is 84.3. The summed E-state index contributed by atoms with van der Waals surface area (Å²) in [4.78, 5) is 0. The smallest absolute Gasteiger partial charge is 0.726 e. The van der Waals surface area contributed by atoms with E-state index in [-0.39, 0.29) is 62.8 Å². The van der Waals surface area contributed by atoms with Crippen LogP contribution in [0.5, 0.6) is 0 Å². The van der Waals surface area contributed by atoms with Gasteiger partial charge in [-0.2, -0.15) is 0 Å². The topological polar surface area (TPSA) is 133 Å². The van der Waals surface area contributed by atoms with Gasteiger partial charge in [0, 0.05) is 0 Å². The molecule has 0 aromatic heterocycles. The van der Waals surface area contributed by atoms with Crippen LogP contribution in [0.4, 0.5) is 0 Å². The minimum atomic E-state index is -4.59. The van der Waals surface area contributed by atoms with Gasteiger partial charge in [0.2, 0.25) is 20.8 Å². The monoisotopic (exact) mass is 1330 g/mol. The molecule has 0 bridgehead atoms. The van der Waals surface area contributed by atoms with Crippen LogP contribution < -0.4 is 0 Å². The molecule has 0 saturated heterocycles. The van der Waals surface area contributed by atoms with Crippen LogP contribution in [0.3, 0.4) is 0 Å². The molecule has 0 amide bonds. The Morgan fingerprint density at radius 3 is 0.404 bits per heavy atom. The Hall–Kier alpha value is 1.000. The molecule has 0 rings (SSSR count). The summed E-state index contributed by atoms with van der Waals surface area (Å²) in [7, 11) is -9.18. The summed E-state index contributed by atoms with van der Waals surface area (Å²) < 4.78 is 75.4. The average Bonchev–Trinajstić information content (AvgIpc) is 3.57. The van der Waals surface area contributed by atoms with Crippen LogP contribution in [-0.4, -0.2) is 76.9 Å². The molecule has 89 heavy (non-hydrogen) atoms. The fourth-order valence-corrected chi connectivity index (χ4v) is 14.0. The summed E-state index contributed by atoms with van der Waals surface area (Å²) in [5.41, 5.74) is 0. The molecule has 8 nitrogen and oxygen atoms in total. The molecule has 0 saturated carbocycles. The molecule has 0 aromatic carbocycles. The minimum Gasteiger partial charge on any atom is -0.726 e. The Bertz CT molecular complexity index is 1390. The van der Waals surface area contributed by atoms with E-state index in [1.54, 1.807) is 0 Å². The molecule has 0 aliphatic heterocycles. The van der Waals surface area contributed by atoms with Crippen LogP contribution in [0.1, 0.15) is 477 Å². The van der Waals surface area contributed by atoms with E-state index in [0.29, 0.717) is 0 Å². The van der Waals surface area contributed by atoms with Crippen molar-refractivity contribution in [3.63, 3.8) is 0 Å². The second kappa shape index (κ2) is 79.7. The van der Waals surface area contributed by atoms with Crippen LogP contribution in [0, 0.1) is 11.8 Å². The van der Waals surface area contributed by atoms with Gasteiger partial charge < -0.3 is 9.11 Å². The van der Waals surface area contributed by atoms with Gasteiger partial charge >= 0.3 is 37.7 Å². The largest absolute Gasteiger partial charge is 2.00 e. The van der Waals surface area contributed by atoms with Crippen molar-refractivity contribution in [2.24, 2.45) is 11.8 Å². The molecular formula is C78H158CaO8S2. The molecule has 11 heteroatoms. The van der Waals surface area contributed by atoms with Gasteiger partial charge in [0.1, 0.15) is 0 Å². The van der Waals surface area contributed by atoms with E-state index < -0.39 is 20.8 Å². The Labute approximate surface area is 590 Å². The Morgan fingerprint density at radius 1 is 0.202 bits per heavy atom. The normalized spacial score (nSPS) is 12.6. The summed E-state index contributed by atoms with van der Waals surface area (Å²) in [6.07, 6.45) is 93.6. The minimum absolute atomic E-state index is 0. The van der Waals surface area contributed by atoms with E-state index in [4.69, 9.17) is 0 Å². The molecule has 0 aliphatic rings. The average molecular weight is 1330 g/mol. The molecule has 0 aromatic rings. The van der Waals surface area contributed by atoms with Crippen LogP contribution in [0.2, 0.25) is 0 Å². The summed E-state index contributed by atoms with van der Waals surface area (Å²) in [6.45, 7) is 9.27. The predicted molar refractivity (Wildman–Crippen MR) is 390 cm³/mol. The van der Waals surface area contributed by atoms with Crippen molar-refractivity contribution in [2.75, 3.05) is 13.2 Å². The first-order valence-electron chi connectivity index (χ1n) is 40.2. The molecule has 532 valence electrons. The van der Waals surface area contributed by atoms with Crippen molar-refractivity contribution in [1.82, 2.24) is 0 Å². The SMILES string of the molecule is CCCCCCCCCCCCCCCCCCCCC(CCCCCCCCCCCCCCCCC)COS(=O)(=O)[O-].CCCCCCCCCCCCCCCCCCCCC(CCCCCCCCCCCCCCCCC)COS(=O)(=O)[O-].[Ca+2]. The summed E-state index contributed by atoms with van der Waals surface area (Å²) in [5, 5.41) is 0. The summed E-state index contributed by atoms with van der Waals surface area (Å²) >= 11 is 0. The van der Waals surface area contributed by atoms with E-state index in [2.05, 4.69) is 36.1 Å². The standard InChI is InChI=1S/2C39H80O4S.Ca/c2*1-3-5-7-9-11-13-15-17-19-20-21-23-25-27-29-31-33-35-37-39(38-43-44(40,41)42)36-34-32-30-28-26-24-22-18-16-14-12-10-8-6-4-2;/h2*39H,3-38H2,1-2H3,(H,40,41,42);/q;;+2/p-2. The third kappa shape index (κ3) is 89.0. The number of unbranched alkanes of at least 4 members (excludes halogenated alkanes) is 62.